The van der Waals surface area contributed by atoms with Crippen molar-refractivity contribution < 1.29 is 4.42 Å². The van der Waals surface area contributed by atoms with Crippen LogP contribution in [0.3, 0.4) is 0 Å². The zero-order valence-electron chi connectivity index (χ0n) is 48.6. The molecule has 0 amide bonds. The fourth-order valence-electron chi connectivity index (χ4n) is 15.7. The van der Waals surface area contributed by atoms with Crippen LogP contribution in [0, 0.1) is 6.92 Å². The Balaban J connectivity index is 1.12. The van der Waals surface area contributed by atoms with Crippen molar-refractivity contribution in [3.63, 3.8) is 0 Å². The Morgan fingerprint density at radius 3 is 1.48 bits per heavy atom. The first-order chi connectivity index (χ1) is 36.2. The molecule has 0 fully saturated rings. The Labute approximate surface area is 458 Å². The molecule has 386 valence electrons. The number of aryl methyl sites for hydroxylation is 1. The van der Waals surface area contributed by atoms with Gasteiger partial charge >= 0.3 is 0 Å². The summed E-state index contributed by atoms with van der Waals surface area (Å²) in [6.07, 6.45) is 2.29. The molecular weight excluding hydrogens is 932 g/mol. The van der Waals surface area contributed by atoms with Crippen molar-refractivity contribution in [2.75, 3.05) is 9.80 Å². The maximum absolute atomic E-state index is 6.95. The van der Waals surface area contributed by atoms with E-state index in [1.165, 1.54) is 112 Å². The molecule has 0 saturated heterocycles. The van der Waals surface area contributed by atoms with Crippen LogP contribution in [0.4, 0.5) is 34.1 Å². The van der Waals surface area contributed by atoms with E-state index >= 15 is 0 Å². The van der Waals surface area contributed by atoms with Gasteiger partial charge in [-0.25, -0.2) is 0 Å². The van der Waals surface area contributed by atoms with Gasteiger partial charge in [0.2, 0.25) is 0 Å². The van der Waals surface area contributed by atoms with Crippen LogP contribution in [0.5, 0.6) is 0 Å². The maximum atomic E-state index is 6.95. The summed E-state index contributed by atoms with van der Waals surface area (Å²) in [6, 6.07) is 55.3. The van der Waals surface area contributed by atoms with Crippen molar-refractivity contribution >= 4 is 79.2 Å². The lowest BCUT2D eigenvalue weighted by Crippen LogP contribution is -2.62. The van der Waals surface area contributed by atoms with Gasteiger partial charge < -0.3 is 14.2 Å². The first-order valence-corrected chi connectivity index (χ1v) is 28.7. The van der Waals surface area contributed by atoms with Crippen LogP contribution in [0.25, 0.3) is 21.9 Å². The third kappa shape index (κ3) is 6.45. The molecule has 3 heterocycles. The second-order valence-electron chi connectivity index (χ2n) is 28.5. The minimum absolute atomic E-state index is 0.0000546. The monoisotopic (exact) mass is 1010 g/mol. The summed E-state index contributed by atoms with van der Waals surface area (Å²) in [5, 5.41) is 2.31. The Kier molecular flexibility index (Phi) is 9.64. The minimum atomic E-state index is -0.235. The van der Waals surface area contributed by atoms with Gasteiger partial charge in [-0.15, -0.1) is 0 Å². The summed E-state index contributed by atoms with van der Waals surface area (Å²) < 4.78 is 6.95. The number of hydrogen-bond donors (Lipinski definition) is 0. The first-order valence-electron chi connectivity index (χ1n) is 28.7. The van der Waals surface area contributed by atoms with Crippen LogP contribution in [0.1, 0.15) is 183 Å². The van der Waals surface area contributed by atoms with Gasteiger partial charge in [-0.1, -0.05) is 189 Å². The Bertz CT molecular complexity index is 4070. The van der Waals surface area contributed by atoms with E-state index in [0.29, 0.717) is 0 Å². The molecule has 8 aromatic carbocycles. The Hall–Kier alpha value is -6.78. The summed E-state index contributed by atoms with van der Waals surface area (Å²) >= 11 is 0. The molecule has 9 aromatic rings. The van der Waals surface area contributed by atoms with E-state index in [2.05, 4.69) is 260 Å². The molecule has 3 aliphatic carbocycles. The molecule has 0 radical (unpaired) electrons. The molecule has 3 nitrogen and oxygen atoms in total. The van der Waals surface area contributed by atoms with Gasteiger partial charge in [0.1, 0.15) is 11.2 Å². The van der Waals surface area contributed by atoms with Crippen molar-refractivity contribution in [1.29, 1.82) is 0 Å². The van der Waals surface area contributed by atoms with Crippen molar-refractivity contribution in [3.8, 4) is 0 Å². The van der Waals surface area contributed by atoms with Crippen LogP contribution in [-0.4, -0.2) is 6.71 Å². The fourth-order valence-corrected chi connectivity index (χ4v) is 15.7. The highest BCUT2D eigenvalue weighted by molar-refractivity contribution is 7.00. The quantitative estimate of drug-likeness (QED) is 0.161. The second kappa shape index (κ2) is 15.3. The second-order valence-corrected chi connectivity index (χ2v) is 28.5. The van der Waals surface area contributed by atoms with Gasteiger partial charge in [0.25, 0.3) is 6.71 Å². The largest absolute Gasteiger partial charge is 0.456 e. The molecule has 1 aromatic heterocycles. The molecule has 5 aliphatic rings. The highest BCUT2D eigenvalue weighted by Crippen LogP contribution is 2.57. The lowest BCUT2D eigenvalue weighted by atomic mass is 9.32. The molecule has 2 aliphatic heterocycles. The van der Waals surface area contributed by atoms with Crippen molar-refractivity contribution in [3.05, 3.63) is 206 Å². The number of furan rings is 1. The summed E-state index contributed by atoms with van der Waals surface area (Å²) in [5.41, 5.74) is 29.3. The molecule has 0 atom stereocenters. The smallest absolute Gasteiger partial charge is 0.252 e. The number of nitrogens with zero attached hydrogens (tertiary/aromatic N) is 2. The SMILES string of the molecule is Cc1cc2c3c(c1)N(c1cccc4oc5cc(C(C)(C)C)ccc5c14)c1cc4c(cc1B3c1cc3c(cc1N2c1ccc2c(c1)C(C)(C)c1ccccc1C2(C)C)C(C)(C)c1ccccc1C3(C)C)C(C)(C)CCC4(C)C. The molecule has 4 heteroatoms. The van der Waals surface area contributed by atoms with Crippen molar-refractivity contribution in [2.24, 2.45) is 0 Å². The Morgan fingerprint density at radius 1 is 0.416 bits per heavy atom. The van der Waals surface area contributed by atoms with Crippen LogP contribution in [0.15, 0.2) is 144 Å². The zero-order valence-corrected chi connectivity index (χ0v) is 48.6. The van der Waals surface area contributed by atoms with Gasteiger partial charge in [0, 0.05) is 55.5 Å². The molecule has 0 N–H and O–H groups in total. The molecule has 0 saturated carbocycles. The lowest BCUT2D eigenvalue weighted by Gasteiger charge is -2.49. The maximum Gasteiger partial charge on any atom is 0.252 e. The third-order valence-corrected chi connectivity index (χ3v) is 20.4. The average molecular weight is 1010 g/mol. The normalized spacial score (nSPS) is 19.1. The predicted octanol–water partition coefficient (Wildman–Crippen LogP) is 17.6. The average Bonchev–Trinajstić information content (AvgIpc) is 3.89. The van der Waals surface area contributed by atoms with Crippen LogP contribution in [-0.2, 0) is 37.9 Å². The van der Waals surface area contributed by atoms with Crippen LogP contribution in [0.2, 0.25) is 0 Å². The van der Waals surface area contributed by atoms with Gasteiger partial charge in [-0.3, -0.25) is 0 Å². The van der Waals surface area contributed by atoms with E-state index in [1.807, 2.05) is 0 Å². The van der Waals surface area contributed by atoms with Gasteiger partial charge in [0.05, 0.1) is 11.1 Å². The number of anilines is 6. The standard InChI is InChI=1S/C73H75BN2O/c1-42-34-61-66-62(35-42)76(58-26-21-27-63-65(58)45-30-28-43(67(2,3)4)36-64(45)77-63)60-40-52-51(68(5,6)32-33-69(52,7)8)38-56(60)74(66)57-39-54-55(73(15,16)49-25-20-19-24-48(49)72(54,13)14)41-59(57)75(61)44-29-31-50-53(37-44)71(11,12)47-23-18-17-22-46(47)70(50,9)10/h17-31,34-41H,32-33H2,1-16H3. The number of benzene rings is 8. The summed E-state index contributed by atoms with van der Waals surface area (Å²) in [6.45, 7) is 38.7. The number of rotatable bonds is 2. The topological polar surface area (TPSA) is 19.6 Å². The highest BCUT2D eigenvalue weighted by Gasteiger charge is 2.50. The van der Waals surface area contributed by atoms with Gasteiger partial charge in [-0.05, 0) is 174 Å². The summed E-state index contributed by atoms with van der Waals surface area (Å²) in [5.74, 6) is 0. The molecule has 0 unspecified atom stereocenters. The molecule has 77 heavy (non-hydrogen) atoms. The minimum Gasteiger partial charge on any atom is -0.456 e. The van der Waals surface area contributed by atoms with E-state index in [-0.39, 0.29) is 44.6 Å². The summed E-state index contributed by atoms with van der Waals surface area (Å²) in [7, 11) is 0. The van der Waals surface area contributed by atoms with Gasteiger partial charge in [-0.2, -0.15) is 0 Å². The summed E-state index contributed by atoms with van der Waals surface area (Å²) in [4.78, 5) is 5.37. The predicted molar refractivity (Wildman–Crippen MR) is 328 cm³/mol. The van der Waals surface area contributed by atoms with E-state index in [9.17, 15) is 0 Å². The molecular formula is C73H75BN2O. The number of fused-ring (bicyclic) bond motifs is 12. The fraction of sp³-hybridized carbons (Fsp3) is 0.342. The lowest BCUT2D eigenvalue weighted by molar-refractivity contribution is 0.332. The Morgan fingerprint density at radius 2 is 0.896 bits per heavy atom. The van der Waals surface area contributed by atoms with E-state index in [4.69, 9.17) is 4.42 Å². The van der Waals surface area contributed by atoms with Gasteiger partial charge in [0.15, 0.2) is 0 Å². The number of hydrogen-bond acceptors (Lipinski definition) is 3. The van der Waals surface area contributed by atoms with Crippen LogP contribution >= 0.6 is 0 Å². The molecule has 0 bridgehead atoms. The van der Waals surface area contributed by atoms with E-state index in [0.717, 1.165) is 40.5 Å². The van der Waals surface area contributed by atoms with Crippen LogP contribution < -0.4 is 26.2 Å². The van der Waals surface area contributed by atoms with E-state index < -0.39 is 0 Å². The molecule has 14 rings (SSSR count). The van der Waals surface area contributed by atoms with Crippen molar-refractivity contribution in [1.82, 2.24) is 0 Å². The third-order valence-electron chi connectivity index (χ3n) is 20.4. The highest BCUT2D eigenvalue weighted by atomic mass is 16.3. The van der Waals surface area contributed by atoms with E-state index in [1.54, 1.807) is 0 Å². The zero-order chi connectivity index (χ0) is 54.1. The van der Waals surface area contributed by atoms with Crippen molar-refractivity contribution in [2.45, 2.75) is 162 Å². The first kappa shape index (κ1) is 48.6. The molecule has 0 spiro atoms.